The van der Waals surface area contributed by atoms with Gasteiger partial charge in [0.2, 0.25) is 0 Å². The number of allylic oxidation sites excluding steroid dienone is 1. The zero-order chi connectivity index (χ0) is 13.9. The third-order valence-corrected chi connectivity index (χ3v) is 1.97. The maximum absolute atomic E-state index is 8.59. The van der Waals surface area contributed by atoms with Crippen molar-refractivity contribution in [3.05, 3.63) is 12.3 Å². The van der Waals surface area contributed by atoms with Gasteiger partial charge >= 0.3 is 0 Å². The van der Waals surface area contributed by atoms with Crippen LogP contribution in [0.5, 0.6) is 0 Å². The molecule has 0 bridgehead atoms. The Morgan fingerprint density at radius 2 is 1.94 bits per heavy atom. The minimum Gasteiger partial charge on any atom is -0.513 e. The monoisotopic (exact) mass is 247 g/mol. The average Bonchev–Trinajstić information content (AvgIpc) is 2.13. The van der Waals surface area contributed by atoms with Crippen LogP contribution in [0.25, 0.3) is 0 Å². The van der Waals surface area contributed by atoms with Crippen LogP contribution in [-0.4, -0.2) is 35.6 Å². The number of aliphatic hydroxyl groups is 2. The molecule has 0 saturated heterocycles. The van der Waals surface area contributed by atoms with E-state index in [1.807, 2.05) is 27.7 Å². The summed E-state index contributed by atoms with van der Waals surface area (Å²) in [5.74, 6) is 0.813. The Labute approximate surface area is 105 Å². The van der Waals surface area contributed by atoms with Gasteiger partial charge in [-0.25, -0.2) is 0 Å². The molecule has 17 heavy (non-hydrogen) atoms. The van der Waals surface area contributed by atoms with Gasteiger partial charge in [0.15, 0.2) is 0 Å². The molecule has 0 fully saturated rings. The summed E-state index contributed by atoms with van der Waals surface area (Å²) in [6, 6.07) is 0. The van der Waals surface area contributed by atoms with Crippen molar-refractivity contribution in [2.45, 2.75) is 46.1 Å². The lowest BCUT2D eigenvalue weighted by atomic mass is 10.1. The highest BCUT2D eigenvalue weighted by Gasteiger charge is 2.16. The average molecular weight is 247 g/mol. The van der Waals surface area contributed by atoms with Crippen LogP contribution < -0.4 is 5.73 Å². The first-order chi connectivity index (χ1) is 7.75. The summed E-state index contributed by atoms with van der Waals surface area (Å²) in [4.78, 5) is 0. The molecule has 0 heterocycles. The van der Waals surface area contributed by atoms with Gasteiger partial charge in [-0.05, 0) is 26.2 Å². The summed E-state index contributed by atoms with van der Waals surface area (Å²) in [5, 5.41) is 17.1. The number of ether oxygens (including phenoxy) is 1. The fraction of sp³-hybridized carbons (Fsp3) is 0.846. The van der Waals surface area contributed by atoms with Gasteiger partial charge < -0.3 is 20.7 Å². The number of hydrogen-bond donors (Lipinski definition) is 3. The topological polar surface area (TPSA) is 75.7 Å². The second-order valence-electron chi connectivity index (χ2n) is 5.03. The summed E-state index contributed by atoms with van der Waals surface area (Å²) in [5.41, 5.74) is 5.02. The van der Waals surface area contributed by atoms with E-state index in [-0.39, 0.29) is 18.0 Å². The van der Waals surface area contributed by atoms with Crippen molar-refractivity contribution in [1.82, 2.24) is 0 Å². The number of hydrogen-bond acceptors (Lipinski definition) is 4. The Bertz CT molecular complexity index is 191. The van der Waals surface area contributed by atoms with Crippen LogP contribution in [0.4, 0.5) is 0 Å². The van der Waals surface area contributed by atoms with Crippen LogP contribution in [0.3, 0.4) is 0 Å². The molecule has 0 amide bonds. The van der Waals surface area contributed by atoms with Crippen LogP contribution in [0.1, 0.15) is 40.5 Å². The van der Waals surface area contributed by atoms with E-state index in [2.05, 4.69) is 6.58 Å². The smallest absolute Gasteiger partial charge is 0.0853 e. The second-order valence-corrected chi connectivity index (χ2v) is 5.03. The molecule has 4 nitrogen and oxygen atoms in total. The Hall–Kier alpha value is -0.580. The van der Waals surface area contributed by atoms with Crippen LogP contribution in [0.2, 0.25) is 0 Å². The third-order valence-electron chi connectivity index (χ3n) is 1.97. The highest BCUT2D eigenvalue weighted by Crippen LogP contribution is 2.12. The summed E-state index contributed by atoms with van der Waals surface area (Å²) in [6.45, 7) is 12.6. The molecule has 0 saturated carbocycles. The Kier molecular flexibility index (Phi) is 11.7. The quantitative estimate of drug-likeness (QED) is 0.603. The highest BCUT2D eigenvalue weighted by atomic mass is 16.5. The maximum Gasteiger partial charge on any atom is 0.0853 e. The fourth-order valence-corrected chi connectivity index (χ4v) is 1.15. The van der Waals surface area contributed by atoms with E-state index in [0.717, 1.165) is 6.42 Å². The summed E-state index contributed by atoms with van der Waals surface area (Å²) < 4.78 is 5.33. The predicted molar refractivity (Wildman–Crippen MR) is 72.0 cm³/mol. The molecule has 4 N–H and O–H groups in total. The molecule has 0 aromatic heterocycles. The fourth-order valence-electron chi connectivity index (χ4n) is 1.15. The standard InChI is InChI=1S/C7H17NO2.C6H12O/c1-7(2,3-5-9)10-6-4-8;1-5(2)4-6(3)7/h9H,3-6,8H2,1-2H3;5,7H,3-4H2,1-2H3. The number of rotatable bonds is 7. The first kappa shape index (κ1) is 18.8. The van der Waals surface area contributed by atoms with Crippen LogP contribution in [-0.2, 0) is 4.74 Å². The third kappa shape index (κ3) is 18.0. The molecule has 0 unspecified atom stereocenters. The van der Waals surface area contributed by atoms with Crippen molar-refractivity contribution in [1.29, 1.82) is 0 Å². The molecule has 104 valence electrons. The van der Waals surface area contributed by atoms with Crippen molar-refractivity contribution in [2.24, 2.45) is 11.7 Å². The Balaban J connectivity index is 0. The minimum absolute atomic E-state index is 0.164. The van der Waals surface area contributed by atoms with E-state index in [0.29, 0.717) is 25.5 Å². The molecule has 0 aromatic carbocycles. The van der Waals surface area contributed by atoms with Crippen LogP contribution in [0.15, 0.2) is 12.3 Å². The molecular formula is C13H29NO3. The molecule has 4 heteroatoms. The van der Waals surface area contributed by atoms with Crippen molar-refractivity contribution in [3.63, 3.8) is 0 Å². The molecule has 0 aliphatic carbocycles. The van der Waals surface area contributed by atoms with E-state index in [1.54, 1.807) is 0 Å². The Morgan fingerprint density at radius 3 is 2.18 bits per heavy atom. The van der Waals surface area contributed by atoms with Crippen LogP contribution in [0, 0.1) is 5.92 Å². The normalized spacial score (nSPS) is 11.0. The van der Waals surface area contributed by atoms with E-state index in [1.165, 1.54) is 0 Å². The van der Waals surface area contributed by atoms with Crippen LogP contribution >= 0.6 is 0 Å². The molecule has 0 aliphatic heterocycles. The van der Waals surface area contributed by atoms with Crippen molar-refractivity contribution >= 4 is 0 Å². The Morgan fingerprint density at radius 1 is 1.41 bits per heavy atom. The molecule has 0 atom stereocenters. The largest absolute Gasteiger partial charge is 0.513 e. The number of aliphatic hydroxyl groups excluding tert-OH is 2. The van der Waals surface area contributed by atoms with Gasteiger partial charge in [-0.1, -0.05) is 20.4 Å². The molecule has 0 rings (SSSR count). The van der Waals surface area contributed by atoms with Gasteiger partial charge in [0.05, 0.1) is 18.0 Å². The minimum atomic E-state index is -0.228. The van der Waals surface area contributed by atoms with E-state index < -0.39 is 0 Å². The van der Waals surface area contributed by atoms with Gasteiger partial charge in [0.25, 0.3) is 0 Å². The van der Waals surface area contributed by atoms with Crippen molar-refractivity contribution < 1.29 is 14.9 Å². The van der Waals surface area contributed by atoms with Crippen molar-refractivity contribution in [3.8, 4) is 0 Å². The lowest BCUT2D eigenvalue weighted by Gasteiger charge is -2.23. The molecule has 0 aromatic rings. The second kappa shape index (κ2) is 10.6. The van der Waals surface area contributed by atoms with Crippen molar-refractivity contribution in [2.75, 3.05) is 19.8 Å². The van der Waals surface area contributed by atoms with Gasteiger partial charge in [0.1, 0.15) is 0 Å². The highest BCUT2D eigenvalue weighted by molar-refractivity contribution is 4.79. The molecular weight excluding hydrogens is 218 g/mol. The van der Waals surface area contributed by atoms with E-state index >= 15 is 0 Å². The summed E-state index contributed by atoms with van der Waals surface area (Å²) >= 11 is 0. The van der Waals surface area contributed by atoms with Gasteiger partial charge in [0, 0.05) is 19.6 Å². The predicted octanol–water partition coefficient (Wildman–Crippen LogP) is 2.23. The number of nitrogens with two attached hydrogens (primary N) is 1. The summed E-state index contributed by atoms with van der Waals surface area (Å²) in [6.07, 6.45) is 1.38. The zero-order valence-corrected chi connectivity index (χ0v) is 11.7. The first-order valence-electron chi connectivity index (χ1n) is 6.06. The summed E-state index contributed by atoms with van der Waals surface area (Å²) in [7, 11) is 0. The SMILES string of the molecule is C=C(O)CC(C)C.CC(C)(CCO)OCCN. The van der Waals surface area contributed by atoms with E-state index in [9.17, 15) is 0 Å². The molecule has 0 radical (unpaired) electrons. The lowest BCUT2D eigenvalue weighted by Crippen LogP contribution is -2.28. The first-order valence-corrected chi connectivity index (χ1v) is 6.06. The van der Waals surface area contributed by atoms with Gasteiger partial charge in [-0.3, -0.25) is 0 Å². The van der Waals surface area contributed by atoms with Gasteiger partial charge in [-0.15, -0.1) is 0 Å². The molecule has 0 aliphatic rings. The van der Waals surface area contributed by atoms with E-state index in [4.69, 9.17) is 20.7 Å². The molecule has 0 spiro atoms. The van der Waals surface area contributed by atoms with Gasteiger partial charge in [-0.2, -0.15) is 0 Å². The maximum atomic E-state index is 8.59. The lowest BCUT2D eigenvalue weighted by molar-refractivity contribution is -0.0285. The zero-order valence-electron chi connectivity index (χ0n) is 11.7.